The molecule has 3 aliphatic heterocycles. The minimum absolute atomic E-state index is 0.0345. The molecule has 0 radical (unpaired) electrons. The number of rotatable bonds is 3. The fourth-order valence-electron chi connectivity index (χ4n) is 3.84. The van der Waals surface area contributed by atoms with Crippen LogP contribution in [0.4, 0.5) is 0 Å². The monoisotopic (exact) mass is 273 g/mol. The number of furan rings is 2. The largest absolute Gasteiger partial charge is 0.466 e. The van der Waals surface area contributed by atoms with Crippen LogP contribution in [0.3, 0.4) is 0 Å². The molecule has 1 N–H and O–H groups in total. The second kappa shape index (κ2) is 4.50. The van der Waals surface area contributed by atoms with Crippen molar-refractivity contribution >= 4 is 0 Å². The molecule has 4 heteroatoms. The van der Waals surface area contributed by atoms with Gasteiger partial charge in [0.15, 0.2) is 5.60 Å². The van der Waals surface area contributed by atoms with Gasteiger partial charge in [-0.25, -0.2) is 0 Å². The van der Waals surface area contributed by atoms with E-state index in [0.29, 0.717) is 17.4 Å². The summed E-state index contributed by atoms with van der Waals surface area (Å²) < 4.78 is 11.1. The molecule has 3 aliphatic rings. The minimum atomic E-state index is -1.19. The van der Waals surface area contributed by atoms with Gasteiger partial charge in [-0.3, -0.25) is 4.90 Å². The lowest BCUT2D eigenvalue weighted by Gasteiger charge is -2.50. The molecule has 4 nitrogen and oxygen atoms in total. The number of piperidine rings is 3. The molecule has 2 aromatic rings. The minimum Gasteiger partial charge on any atom is -0.466 e. The van der Waals surface area contributed by atoms with Crippen LogP contribution in [0, 0.1) is 5.92 Å². The van der Waals surface area contributed by atoms with Gasteiger partial charge in [-0.05, 0) is 62.5 Å². The Morgan fingerprint density at radius 2 is 1.65 bits per heavy atom. The molecular weight excluding hydrogens is 254 g/mol. The first kappa shape index (κ1) is 12.2. The Kier molecular flexibility index (Phi) is 2.75. The zero-order valence-electron chi connectivity index (χ0n) is 11.4. The molecule has 2 bridgehead atoms. The number of fused-ring (bicyclic) bond motifs is 3. The van der Waals surface area contributed by atoms with Crippen molar-refractivity contribution in [1.29, 1.82) is 0 Å². The van der Waals surface area contributed by atoms with Gasteiger partial charge < -0.3 is 13.9 Å². The fraction of sp³-hybridized carbons (Fsp3) is 0.500. The summed E-state index contributed by atoms with van der Waals surface area (Å²) in [5, 5.41) is 11.4. The van der Waals surface area contributed by atoms with Crippen LogP contribution < -0.4 is 0 Å². The van der Waals surface area contributed by atoms with E-state index in [0.717, 1.165) is 19.5 Å². The number of aliphatic hydroxyl groups is 1. The second-order valence-electron chi connectivity index (χ2n) is 5.95. The summed E-state index contributed by atoms with van der Waals surface area (Å²) in [7, 11) is 0. The Hall–Kier alpha value is -1.52. The van der Waals surface area contributed by atoms with Gasteiger partial charge in [0.05, 0.1) is 18.6 Å². The van der Waals surface area contributed by atoms with Crippen molar-refractivity contribution in [2.24, 2.45) is 5.92 Å². The van der Waals surface area contributed by atoms with Crippen LogP contribution in [-0.2, 0) is 5.60 Å². The van der Waals surface area contributed by atoms with Gasteiger partial charge in [-0.1, -0.05) is 0 Å². The standard InChI is InChI=1S/C16H19NO3/c18-16(14-3-1-9-19-14,15-4-2-10-20-15)13-11-12-5-7-17(13)8-6-12/h1-4,9-10,12-13,18H,5-8,11H2/t13-/m1/s1. The topological polar surface area (TPSA) is 49.8 Å². The Balaban J connectivity index is 1.80. The van der Waals surface area contributed by atoms with E-state index in [1.807, 2.05) is 24.3 Å². The van der Waals surface area contributed by atoms with E-state index in [4.69, 9.17) is 8.83 Å². The van der Waals surface area contributed by atoms with E-state index in [2.05, 4.69) is 4.90 Å². The van der Waals surface area contributed by atoms with Crippen molar-refractivity contribution in [1.82, 2.24) is 4.90 Å². The maximum atomic E-state index is 11.4. The fourth-order valence-corrected chi connectivity index (χ4v) is 3.84. The summed E-state index contributed by atoms with van der Waals surface area (Å²) in [6.45, 7) is 2.11. The molecule has 3 fully saturated rings. The molecular formula is C16H19NO3. The molecule has 3 saturated heterocycles. The average molecular weight is 273 g/mol. The molecule has 0 aliphatic carbocycles. The quantitative estimate of drug-likeness (QED) is 0.934. The van der Waals surface area contributed by atoms with Gasteiger partial charge in [0.2, 0.25) is 0 Å². The van der Waals surface area contributed by atoms with Gasteiger partial charge in [-0.15, -0.1) is 0 Å². The van der Waals surface area contributed by atoms with Crippen molar-refractivity contribution < 1.29 is 13.9 Å². The molecule has 0 saturated carbocycles. The third-order valence-corrected chi connectivity index (χ3v) is 4.92. The zero-order chi connectivity index (χ0) is 13.6. The lowest BCUT2D eigenvalue weighted by atomic mass is 9.74. The molecule has 2 aromatic heterocycles. The highest BCUT2D eigenvalue weighted by Gasteiger charge is 2.51. The molecule has 1 atom stereocenters. The molecule has 0 aromatic carbocycles. The Morgan fingerprint density at radius 1 is 1.05 bits per heavy atom. The van der Waals surface area contributed by atoms with E-state index in [1.54, 1.807) is 12.5 Å². The van der Waals surface area contributed by atoms with Crippen LogP contribution in [0.5, 0.6) is 0 Å². The average Bonchev–Trinajstić information content (AvgIpc) is 3.21. The summed E-state index contributed by atoms with van der Waals surface area (Å²) in [6, 6.07) is 7.35. The van der Waals surface area contributed by atoms with Crippen LogP contribution in [-0.4, -0.2) is 29.1 Å². The van der Waals surface area contributed by atoms with Crippen molar-refractivity contribution in [2.75, 3.05) is 13.1 Å². The predicted octanol–water partition coefficient (Wildman–Crippen LogP) is 2.59. The molecule has 0 unspecified atom stereocenters. The highest BCUT2D eigenvalue weighted by atomic mass is 16.4. The molecule has 20 heavy (non-hydrogen) atoms. The van der Waals surface area contributed by atoms with E-state index >= 15 is 0 Å². The zero-order valence-corrected chi connectivity index (χ0v) is 11.4. The highest BCUT2D eigenvalue weighted by Crippen LogP contribution is 2.44. The summed E-state index contributed by atoms with van der Waals surface area (Å²) in [4.78, 5) is 2.38. The summed E-state index contributed by atoms with van der Waals surface area (Å²) in [5.41, 5.74) is -1.19. The van der Waals surface area contributed by atoms with Crippen molar-refractivity contribution in [3.05, 3.63) is 48.3 Å². The van der Waals surface area contributed by atoms with Gasteiger partial charge >= 0.3 is 0 Å². The van der Waals surface area contributed by atoms with Crippen LogP contribution in [0.2, 0.25) is 0 Å². The Bertz CT molecular complexity index is 518. The van der Waals surface area contributed by atoms with E-state index < -0.39 is 5.60 Å². The Morgan fingerprint density at radius 3 is 2.05 bits per heavy atom. The van der Waals surface area contributed by atoms with Gasteiger partial charge in [0.25, 0.3) is 0 Å². The summed E-state index contributed by atoms with van der Waals surface area (Å²) in [6.07, 6.45) is 6.70. The first-order valence-electron chi connectivity index (χ1n) is 7.33. The first-order valence-corrected chi connectivity index (χ1v) is 7.33. The van der Waals surface area contributed by atoms with Crippen molar-refractivity contribution in [3.8, 4) is 0 Å². The molecule has 0 amide bonds. The maximum Gasteiger partial charge on any atom is 0.195 e. The number of hydrogen-bond acceptors (Lipinski definition) is 4. The van der Waals surface area contributed by atoms with Crippen LogP contribution in [0.1, 0.15) is 30.8 Å². The van der Waals surface area contributed by atoms with Gasteiger partial charge in [0, 0.05) is 0 Å². The summed E-state index contributed by atoms with van der Waals surface area (Å²) >= 11 is 0. The third-order valence-electron chi connectivity index (χ3n) is 4.92. The van der Waals surface area contributed by atoms with E-state index in [9.17, 15) is 5.11 Å². The smallest absolute Gasteiger partial charge is 0.195 e. The molecule has 5 rings (SSSR count). The SMILES string of the molecule is OC(c1ccco1)(c1ccco1)[C@H]1CC2CCN1CC2. The molecule has 106 valence electrons. The lowest BCUT2D eigenvalue weighted by molar-refractivity contribution is -0.0943. The maximum absolute atomic E-state index is 11.4. The van der Waals surface area contributed by atoms with E-state index in [-0.39, 0.29) is 6.04 Å². The normalized spacial score (nSPS) is 29.8. The number of nitrogens with zero attached hydrogens (tertiary/aromatic N) is 1. The second-order valence-corrected chi connectivity index (χ2v) is 5.95. The Labute approximate surface area is 118 Å². The van der Waals surface area contributed by atoms with Crippen molar-refractivity contribution in [2.45, 2.75) is 30.9 Å². The van der Waals surface area contributed by atoms with Gasteiger partial charge in [-0.2, -0.15) is 0 Å². The highest BCUT2D eigenvalue weighted by molar-refractivity contribution is 5.28. The lowest BCUT2D eigenvalue weighted by Crippen LogP contribution is -2.58. The third kappa shape index (κ3) is 1.68. The molecule has 0 spiro atoms. The van der Waals surface area contributed by atoms with Crippen LogP contribution in [0.25, 0.3) is 0 Å². The van der Waals surface area contributed by atoms with Crippen LogP contribution in [0.15, 0.2) is 45.6 Å². The van der Waals surface area contributed by atoms with Gasteiger partial charge in [0.1, 0.15) is 11.5 Å². The first-order chi connectivity index (χ1) is 9.78. The summed E-state index contributed by atoms with van der Waals surface area (Å²) in [5.74, 6) is 1.86. The predicted molar refractivity (Wildman–Crippen MR) is 73.1 cm³/mol. The van der Waals surface area contributed by atoms with Crippen molar-refractivity contribution in [3.63, 3.8) is 0 Å². The number of hydrogen-bond donors (Lipinski definition) is 1. The van der Waals surface area contributed by atoms with Crippen LogP contribution >= 0.6 is 0 Å². The molecule has 5 heterocycles. The van der Waals surface area contributed by atoms with E-state index in [1.165, 1.54) is 12.8 Å².